The van der Waals surface area contributed by atoms with Crippen LogP contribution in [0.4, 0.5) is 5.82 Å². The molecular weight excluding hydrogens is 289 g/mol. The molecule has 0 fully saturated rings. The van der Waals surface area contributed by atoms with Crippen LogP contribution in [0.3, 0.4) is 0 Å². The summed E-state index contributed by atoms with van der Waals surface area (Å²) in [7, 11) is 0. The molecule has 0 radical (unpaired) electrons. The van der Waals surface area contributed by atoms with Gasteiger partial charge in [-0.2, -0.15) is 5.10 Å². The zero-order valence-electron chi connectivity index (χ0n) is 8.32. The van der Waals surface area contributed by atoms with Gasteiger partial charge in [-0.1, -0.05) is 39.7 Å². The summed E-state index contributed by atoms with van der Waals surface area (Å²) in [5.41, 5.74) is 7.44. The van der Waals surface area contributed by atoms with Crippen LogP contribution in [-0.4, -0.2) is 10.2 Å². The van der Waals surface area contributed by atoms with Gasteiger partial charge in [0.05, 0.1) is 10.7 Å². The van der Waals surface area contributed by atoms with Crippen LogP contribution in [0.1, 0.15) is 11.3 Å². The number of hydrogen-bond acceptors (Lipinski definition) is 3. The number of hydrogen-bond donors (Lipinski definition) is 1. The Morgan fingerprint density at radius 2 is 2.06 bits per heavy atom. The lowest BCUT2D eigenvalue weighted by atomic mass is 10.1. The second-order valence-electron chi connectivity index (χ2n) is 3.38. The number of aromatic nitrogens is 2. The minimum Gasteiger partial charge on any atom is -0.381 e. The lowest BCUT2D eigenvalue weighted by Crippen LogP contribution is -1.99. The lowest BCUT2D eigenvalue weighted by Gasteiger charge is -2.02. The molecule has 2 aromatic rings. The molecule has 1 aromatic carbocycles. The first-order valence-electron chi connectivity index (χ1n) is 4.67. The van der Waals surface area contributed by atoms with Gasteiger partial charge in [-0.15, -0.1) is 5.10 Å². The maximum Gasteiger partial charge on any atom is 0.164 e. The van der Waals surface area contributed by atoms with Gasteiger partial charge in [0.1, 0.15) is 0 Å². The number of anilines is 1. The van der Waals surface area contributed by atoms with E-state index in [1.54, 1.807) is 6.07 Å². The fourth-order valence-electron chi connectivity index (χ4n) is 1.36. The summed E-state index contributed by atoms with van der Waals surface area (Å²) in [6.07, 6.45) is 0.687. The molecule has 0 aliphatic carbocycles. The first-order valence-corrected chi connectivity index (χ1v) is 5.84. The fraction of sp³-hybridized carbons (Fsp3) is 0.0909. The Morgan fingerprint density at radius 3 is 2.75 bits per heavy atom. The van der Waals surface area contributed by atoms with Gasteiger partial charge in [0.25, 0.3) is 0 Å². The van der Waals surface area contributed by atoms with Crippen molar-refractivity contribution in [2.24, 2.45) is 0 Å². The standard InChI is InChI=1S/C11H9BrClN3/c12-8-3-1-2-7(4-8)5-9-6-10(13)11(14)16-15-9/h1-4,6H,5H2,(H2,14,16). The zero-order chi connectivity index (χ0) is 11.5. The van der Waals surface area contributed by atoms with Crippen LogP contribution >= 0.6 is 27.5 Å². The molecule has 0 bridgehead atoms. The summed E-state index contributed by atoms with van der Waals surface area (Å²) >= 11 is 9.29. The topological polar surface area (TPSA) is 51.8 Å². The zero-order valence-corrected chi connectivity index (χ0v) is 10.7. The van der Waals surface area contributed by atoms with Gasteiger partial charge in [-0.25, -0.2) is 0 Å². The fourth-order valence-corrected chi connectivity index (χ4v) is 1.97. The summed E-state index contributed by atoms with van der Waals surface area (Å²) in [6, 6.07) is 9.75. The van der Waals surface area contributed by atoms with Crippen molar-refractivity contribution in [3.8, 4) is 0 Å². The van der Waals surface area contributed by atoms with Gasteiger partial charge in [0.2, 0.25) is 0 Å². The summed E-state index contributed by atoms with van der Waals surface area (Å²) in [5, 5.41) is 8.22. The maximum atomic E-state index is 5.87. The van der Waals surface area contributed by atoms with Crippen LogP contribution in [0.5, 0.6) is 0 Å². The Hall–Kier alpha value is -1.13. The van der Waals surface area contributed by atoms with E-state index >= 15 is 0 Å². The van der Waals surface area contributed by atoms with Crippen LogP contribution in [-0.2, 0) is 6.42 Å². The van der Waals surface area contributed by atoms with E-state index in [4.69, 9.17) is 17.3 Å². The molecule has 0 saturated heterocycles. The SMILES string of the molecule is Nc1nnc(Cc2cccc(Br)c2)cc1Cl. The van der Waals surface area contributed by atoms with Crippen LogP contribution in [0.15, 0.2) is 34.8 Å². The van der Waals surface area contributed by atoms with E-state index in [2.05, 4.69) is 26.1 Å². The average Bonchev–Trinajstić information content (AvgIpc) is 2.24. The van der Waals surface area contributed by atoms with Crippen molar-refractivity contribution < 1.29 is 0 Å². The quantitative estimate of drug-likeness (QED) is 0.927. The highest BCUT2D eigenvalue weighted by Crippen LogP contribution is 2.18. The van der Waals surface area contributed by atoms with E-state index in [1.807, 2.05) is 24.3 Å². The first kappa shape index (κ1) is 11.4. The molecule has 0 unspecified atom stereocenters. The molecular formula is C11H9BrClN3. The number of rotatable bonds is 2. The van der Waals surface area contributed by atoms with Gasteiger partial charge < -0.3 is 5.73 Å². The maximum absolute atomic E-state index is 5.87. The van der Waals surface area contributed by atoms with Gasteiger partial charge >= 0.3 is 0 Å². The molecule has 5 heteroatoms. The number of nitrogen functional groups attached to an aromatic ring is 1. The summed E-state index contributed by atoms with van der Waals surface area (Å²) in [6.45, 7) is 0. The van der Waals surface area contributed by atoms with E-state index in [9.17, 15) is 0 Å². The van der Waals surface area contributed by atoms with Crippen LogP contribution < -0.4 is 5.73 Å². The Morgan fingerprint density at radius 1 is 1.25 bits per heavy atom. The van der Waals surface area contributed by atoms with E-state index < -0.39 is 0 Å². The summed E-state index contributed by atoms with van der Waals surface area (Å²) in [4.78, 5) is 0. The van der Waals surface area contributed by atoms with Crippen LogP contribution in [0, 0.1) is 0 Å². The Balaban J connectivity index is 2.24. The van der Waals surface area contributed by atoms with Crippen molar-refractivity contribution >= 4 is 33.3 Å². The number of nitrogens with zero attached hydrogens (tertiary/aromatic N) is 2. The average molecular weight is 299 g/mol. The molecule has 0 atom stereocenters. The molecule has 0 aliphatic rings. The van der Waals surface area contributed by atoms with Gasteiger partial charge in [-0.05, 0) is 23.8 Å². The molecule has 1 aromatic heterocycles. The van der Waals surface area contributed by atoms with Crippen molar-refractivity contribution in [2.45, 2.75) is 6.42 Å². The highest BCUT2D eigenvalue weighted by molar-refractivity contribution is 9.10. The molecule has 0 saturated carbocycles. The summed E-state index contributed by atoms with van der Waals surface area (Å²) < 4.78 is 1.04. The highest BCUT2D eigenvalue weighted by Gasteiger charge is 2.03. The van der Waals surface area contributed by atoms with Crippen LogP contribution in [0.25, 0.3) is 0 Å². The largest absolute Gasteiger partial charge is 0.381 e. The second-order valence-corrected chi connectivity index (χ2v) is 4.70. The smallest absolute Gasteiger partial charge is 0.164 e. The van der Waals surface area contributed by atoms with E-state index in [1.165, 1.54) is 0 Å². The molecule has 82 valence electrons. The molecule has 0 amide bonds. The van der Waals surface area contributed by atoms with Gasteiger partial charge in [-0.3, -0.25) is 0 Å². The lowest BCUT2D eigenvalue weighted by molar-refractivity contribution is 0.944. The van der Waals surface area contributed by atoms with E-state index in [0.717, 1.165) is 15.7 Å². The normalized spacial score (nSPS) is 10.4. The first-order chi connectivity index (χ1) is 7.65. The number of nitrogens with two attached hydrogens (primary N) is 1. The Labute approximate surface area is 107 Å². The van der Waals surface area contributed by atoms with Crippen molar-refractivity contribution in [1.82, 2.24) is 10.2 Å². The molecule has 3 nitrogen and oxygen atoms in total. The second kappa shape index (κ2) is 4.80. The number of halogens is 2. The highest BCUT2D eigenvalue weighted by atomic mass is 79.9. The number of benzene rings is 1. The van der Waals surface area contributed by atoms with E-state index in [0.29, 0.717) is 11.4 Å². The third kappa shape index (κ3) is 2.71. The third-order valence-corrected chi connectivity index (χ3v) is 2.89. The van der Waals surface area contributed by atoms with Crippen molar-refractivity contribution in [3.05, 3.63) is 51.1 Å². The van der Waals surface area contributed by atoms with Crippen molar-refractivity contribution in [3.63, 3.8) is 0 Å². The molecule has 16 heavy (non-hydrogen) atoms. The predicted octanol–water partition coefficient (Wildman–Crippen LogP) is 3.07. The molecule has 2 N–H and O–H groups in total. The third-order valence-electron chi connectivity index (χ3n) is 2.10. The van der Waals surface area contributed by atoms with E-state index in [-0.39, 0.29) is 5.82 Å². The molecule has 0 spiro atoms. The van der Waals surface area contributed by atoms with Gasteiger partial charge in [0.15, 0.2) is 5.82 Å². The van der Waals surface area contributed by atoms with Crippen LogP contribution in [0.2, 0.25) is 5.02 Å². The van der Waals surface area contributed by atoms with Crippen molar-refractivity contribution in [2.75, 3.05) is 5.73 Å². The monoisotopic (exact) mass is 297 g/mol. The molecule has 2 rings (SSSR count). The predicted molar refractivity (Wildman–Crippen MR) is 68.4 cm³/mol. The Kier molecular flexibility index (Phi) is 3.41. The minimum atomic E-state index is 0.264. The van der Waals surface area contributed by atoms with Gasteiger partial charge in [0, 0.05) is 10.9 Å². The molecule has 0 aliphatic heterocycles. The Bertz CT molecular complexity index is 516. The van der Waals surface area contributed by atoms with Crippen molar-refractivity contribution in [1.29, 1.82) is 0 Å². The minimum absolute atomic E-state index is 0.264. The molecule has 1 heterocycles. The summed E-state index contributed by atoms with van der Waals surface area (Å²) in [5.74, 6) is 0.264.